The van der Waals surface area contributed by atoms with E-state index in [0.717, 1.165) is 60.9 Å². The minimum atomic E-state index is 0.250. The van der Waals surface area contributed by atoms with Crippen LogP contribution in [0.4, 0.5) is 0 Å². The molecule has 1 spiro atoms. The Balaban J connectivity index is 1.42. The number of rotatable bonds is 1. The van der Waals surface area contributed by atoms with Crippen molar-refractivity contribution >= 4 is 5.78 Å². The third-order valence-corrected chi connectivity index (χ3v) is 10.2. The van der Waals surface area contributed by atoms with Crippen molar-refractivity contribution in [3.63, 3.8) is 0 Å². The minimum absolute atomic E-state index is 0.250. The molecule has 2 nitrogen and oxygen atoms in total. The highest BCUT2D eigenvalue weighted by atomic mass is 16.5. The summed E-state index contributed by atoms with van der Waals surface area (Å²) in [6, 6.07) is 0. The number of carbonyl (C=O) groups excluding carboxylic acids is 1. The first-order valence-electron chi connectivity index (χ1n) is 11.5. The first-order chi connectivity index (χ1) is 12.6. The molecule has 0 aromatic heterocycles. The first kappa shape index (κ1) is 16.3. The van der Waals surface area contributed by atoms with Crippen molar-refractivity contribution in [2.24, 2.45) is 46.8 Å². The van der Waals surface area contributed by atoms with Crippen LogP contribution in [0.5, 0.6) is 0 Å². The molecular weight excluding hydrogens is 320 g/mol. The Morgan fingerprint density at radius 2 is 2.12 bits per heavy atom. The summed E-state index contributed by atoms with van der Waals surface area (Å²) >= 11 is 0. The van der Waals surface area contributed by atoms with Crippen molar-refractivity contribution < 1.29 is 9.53 Å². The van der Waals surface area contributed by atoms with E-state index in [-0.39, 0.29) is 5.60 Å². The van der Waals surface area contributed by atoms with Gasteiger partial charge in [0.15, 0.2) is 5.78 Å². The van der Waals surface area contributed by atoms with Gasteiger partial charge in [-0.1, -0.05) is 19.4 Å². The third kappa shape index (κ3) is 1.77. The van der Waals surface area contributed by atoms with E-state index in [2.05, 4.69) is 19.9 Å². The second-order valence-electron chi connectivity index (χ2n) is 10.7. The van der Waals surface area contributed by atoms with Crippen LogP contribution in [0.2, 0.25) is 0 Å². The molecule has 1 saturated heterocycles. The lowest BCUT2D eigenvalue weighted by atomic mass is 9.46. The van der Waals surface area contributed by atoms with E-state index in [1.54, 1.807) is 0 Å². The maximum absolute atomic E-state index is 12.0. The van der Waals surface area contributed by atoms with Crippen molar-refractivity contribution in [1.82, 2.24) is 0 Å². The van der Waals surface area contributed by atoms with Crippen molar-refractivity contribution in [2.45, 2.75) is 77.2 Å². The molecule has 0 aromatic carbocycles. The summed E-state index contributed by atoms with van der Waals surface area (Å²) in [7, 11) is 0. The molecule has 1 aliphatic heterocycles. The van der Waals surface area contributed by atoms with Crippen molar-refractivity contribution in [3.05, 3.63) is 11.6 Å². The van der Waals surface area contributed by atoms with Gasteiger partial charge < -0.3 is 4.74 Å². The molecule has 4 saturated carbocycles. The Hall–Kier alpha value is -0.630. The summed E-state index contributed by atoms with van der Waals surface area (Å²) in [6.07, 6.45) is 13.4. The van der Waals surface area contributed by atoms with E-state index >= 15 is 0 Å². The fourth-order valence-electron chi connectivity index (χ4n) is 9.50. The lowest BCUT2D eigenvalue weighted by Crippen LogP contribution is -2.57. The smallest absolute Gasteiger partial charge is 0.155 e. The normalized spacial score (nSPS) is 57.2. The highest BCUT2D eigenvalue weighted by Gasteiger charge is 2.78. The Kier molecular flexibility index (Phi) is 3.30. The fourth-order valence-corrected chi connectivity index (χ4v) is 9.50. The molecule has 5 fully saturated rings. The SMILES string of the molecule is CC[C@]12CCC3C(C(C)CC4=CC(=O)CC[C@@H]43)C1C1CC1[C@@]21CCCO1. The predicted octanol–water partition coefficient (Wildman–Crippen LogP) is 5.17. The second-order valence-corrected chi connectivity index (χ2v) is 10.7. The van der Waals surface area contributed by atoms with Crippen molar-refractivity contribution in [3.8, 4) is 0 Å². The van der Waals surface area contributed by atoms with Gasteiger partial charge in [-0.05, 0) is 98.9 Å². The van der Waals surface area contributed by atoms with Gasteiger partial charge >= 0.3 is 0 Å². The summed E-state index contributed by atoms with van der Waals surface area (Å²) in [5, 5.41) is 0. The molecule has 0 amide bonds. The number of ether oxygens (including phenoxy) is 1. The average molecular weight is 355 g/mol. The average Bonchev–Trinajstić information content (AvgIpc) is 3.21. The second kappa shape index (κ2) is 5.25. The zero-order valence-corrected chi connectivity index (χ0v) is 16.5. The Labute approximate surface area is 158 Å². The Bertz CT molecular complexity index is 672. The molecule has 6 rings (SSSR count). The molecule has 0 radical (unpaired) electrons. The molecule has 0 bridgehead atoms. The number of hydrogen-bond donors (Lipinski definition) is 0. The van der Waals surface area contributed by atoms with Crippen molar-refractivity contribution in [2.75, 3.05) is 6.61 Å². The number of carbonyl (C=O) groups is 1. The monoisotopic (exact) mass is 354 g/mol. The van der Waals surface area contributed by atoms with Crippen LogP contribution in [0, 0.1) is 46.8 Å². The molecule has 2 heteroatoms. The van der Waals surface area contributed by atoms with Gasteiger partial charge in [-0.15, -0.1) is 0 Å². The minimum Gasteiger partial charge on any atom is -0.374 e. The summed E-state index contributed by atoms with van der Waals surface area (Å²) in [5.41, 5.74) is 2.25. The zero-order valence-electron chi connectivity index (χ0n) is 16.5. The Morgan fingerprint density at radius 3 is 2.88 bits per heavy atom. The standard InChI is InChI=1S/C24H34O2/c1-3-23-9-7-18-17-6-5-16(25)12-15(17)11-14(2)21(18)22(23)19-13-20(19)24(23)8-4-10-26-24/h12,14,17-22H,3-11,13H2,1-2H3/t14?,17-,18?,19?,20?,21?,22?,23-,24-/m0/s1. The van der Waals surface area contributed by atoms with Crippen LogP contribution >= 0.6 is 0 Å². The van der Waals surface area contributed by atoms with E-state index in [9.17, 15) is 4.79 Å². The van der Waals surface area contributed by atoms with Gasteiger partial charge in [0.1, 0.15) is 0 Å². The predicted molar refractivity (Wildman–Crippen MR) is 102 cm³/mol. The van der Waals surface area contributed by atoms with Gasteiger partial charge in [0, 0.05) is 18.4 Å². The number of hydrogen-bond acceptors (Lipinski definition) is 2. The summed E-state index contributed by atoms with van der Waals surface area (Å²) in [5.74, 6) is 6.35. The highest BCUT2D eigenvalue weighted by molar-refractivity contribution is 5.91. The molecule has 1 heterocycles. The lowest BCUT2D eigenvalue weighted by molar-refractivity contribution is -0.165. The number of allylic oxidation sites excluding steroid dienone is 1. The van der Waals surface area contributed by atoms with E-state index in [4.69, 9.17) is 4.74 Å². The van der Waals surface area contributed by atoms with E-state index < -0.39 is 0 Å². The molecule has 6 unspecified atom stereocenters. The molecule has 9 atom stereocenters. The lowest BCUT2D eigenvalue weighted by Gasteiger charge is -2.60. The van der Waals surface area contributed by atoms with Gasteiger partial charge in [0.25, 0.3) is 0 Å². The Morgan fingerprint density at radius 1 is 1.23 bits per heavy atom. The molecule has 142 valence electrons. The molecule has 5 aliphatic carbocycles. The highest BCUT2D eigenvalue weighted by Crippen LogP contribution is 2.79. The first-order valence-corrected chi connectivity index (χ1v) is 11.5. The van der Waals surface area contributed by atoms with Gasteiger partial charge in [0.05, 0.1) is 5.60 Å². The zero-order chi connectivity index (χ0) is 17.7. The van der Waals surface area contributed by atoms with Gasteiger partial charge in [-0.2, -0.15) is 0 Å². The van der Waals surface area contributed by atoms with E-state index in [1.807, 2.05) is 0 Å². The van der Waals surface area contributed by atoms with Crippen LogP contribution < -0.4 is 0 Å². The van der Waals surface area contributed by atoms with Crippen LogP contribution in [-0.4, -0.2) is 18.0 Å². The van der Waals surface area contributed by atoms with Crippen molar-refractivity contribution in [1.29, 1.82) is 0 Å². The van der Waals surface area contributed by atoms with Crippen LogP contribution in [0.25, 0.3) is 0 Å². The van der Waals surface area contributed by atoms with Crippen LogP contribution in [0.3, 0.4) is 0 Å². The van der Waals surface area contributed by atoms with E-state index in [0.29, 0.717) is 11.2 Å². The summed E-state index contributed by atoms with van der Waals surface area (Å²) in [4.78, 5) is 12.0. The fraction of sp³-hybridized carbons (Fsp3) is 0.875. The van der Waals surface area contributed by atoms with Crippen LogP contribution in [0.1, 0.15) is 71.6 Å². The molecule has 0 N–H and O–H groups in total. The van der Waals surface area contributed by atoms with E-state index in [1.165, 1.54) is 50.5 Å². The summed E-state index contributed by atoms with van der Waals surface area (Å²) < 4.78 is 6.70. The molecule has 26 heavy (non-hydrogen) atoms. The molecular formula is C24H34O2. The maximum Gasteiger partial charge on any atom is 0.155 e. The maximum atomic E-state index is 12.0. The number of fused-ring (bicyclic) bond motifs is 9. The van der Waals surface area contributed by atoms with Gasteiger partial charge in [-0.3, -0.25) is 4.79 Å². The third-order valence-electron chi connectivity index (χ3n) is 10.2. The van der Waals surface area contributed by atoms with Gasteiger partial charge in [-0.25, -0.2) is 0 Å². The van der Waals surface area contributed by atoms with Crippen LogP contribution in [-0.2, 0) is 9.53 Å². The molecule has 6 aliphatic rings. The molecule has 0 aromatic rings. The largest absolute Gasteiger partial charge is 0.374 e. The van der Waals surface area contributed by atoms with Crippen LogP contribution in [0.15, 0.2) is 11.6 Å². The van der Waals surface area contributed by atoms with Gasteiger partial charge in [0.2, 0.25) is 0 Å². The quantitative estimate of drug-likeness (QED) is 0.649. The topological polar surface area (TPSA) is 26.3 Å². The summed E-state index contributed by atoms with van der Waals surface area (Å²) in [6.45, 7) is 6.00. The number of ketones is 1.